The predicted molar refractivity (Wildman–Crippen MR) is 62.9 cm³/mol. The second-order valence-corrected chi connectivity index (χ2v) is 5.48. The topological polar surface area (TPSA) is 30.7 Å². The molecule has 0 bridgehead atoms. The van der Waals surface area contributed by atoms with Crippen molar-refractivity contribution in [3.8, 4) is 5.69 Å². The van der Waals surface area contributed by atoms with Gasteiger partial charge in [-0.25, -0.2) is 0 Å². The number of hydrogen-bond donors (Lipinski definition) is 0. The van der Waals surface area contributed by atoms with Gasteiger partial charge in [0.05, 0.1) is 5.69 Å². The standard InChI is InChI=1S/C10H12ClN3S/c1-10(2,3)8-12-13-9(11)14(8)7-4-5-15-6-7/h4-6H,1-3H3. The summed E-state index contributed by atoms with van der Waals surface area (Å²) in [6.07, 6.45) is 0. The molecule has 0 aromatic carbocycles. The Kier molecular flexibility index (Phi) is 2.56. The van der Waals surface area contributed by atoms with E-state index in [1.165, 1.54) is 0 Å². The summed E-state index contributed by atoms with van der Waals surface area (Å²) < 4.78 is 1.89. The molecule has 0 N–H and O–H groups in total. The Morgan fingerprint density at radius 3 is 2.60 bits per heavy atom. The van der Waals surface area contributed by atoms with E-state index in [9.17, 15) is 0 Å². The van der Waals surface area contributed by atoms with Gasteiger partial charge in [-0.2, -0.15) is 11.3 Å². The molecule has 0 fully saturated rings. The van der Waals surface area contributed by atoms with E-state index in [1.807, 2.05) is 21.4 Å². The van der Waals surface area contributed by atoms with Crippen molar-refractivity contribution in [3.05, 3.63) is 27.9 Å². The maximum absolute atomic E-state index is 6.04. The minimum absolute atomic E-state index is 0.0674. The molecular formula is C10H12ClN3S. The van der Waals surface area contributed by atoms with Gasteiger partial charge in [0.15, 0.2) is 0 Å². The molecule has 5 heteroatoms. The second kappa shape index (κ2) is 3.61. The number of aromatic nitrogens is 3. The van der Waals surface area contributed by atoms with Gasteiger partial charge in [-0.3, -0.25) is 4.57 Å². The molecular weight excluding hydrogens is 230 g/mol. The molecule has 3 nitrogen and oxygen atoms in total. The molecule has 0 saturated heterocycles. The van der Waals surface area contributed by atoms with E-state index in [4.69, 9.17) is 11.6 Å². The van der Waals surface area contributed by atoms with Crippen molar-refractivity contribution in [2.45, 2.75) is 26.2 Å². The molecule has 0 aliphatic rings. The smallest absolute Gasteiger partial charge is 0.229 e. The third-order valence-corrected chi connectivity index (χ3v) is 2.97. The van der Waals surface area contributed by atoms with Gasteiger partial charge in [0, 0.05) is 10.8 Å². The third-order valence-electron chi connectivity index (χ3n) is 2.06. The molecule has 15 heavy (non-hydrogen) atoms. The van der Waals surface area contributed by atoms with Gasteiger partial charge in [0.2, 0.25) is 5.28 Å². The monoisotopic (exact) mass is 241 g/mol. The molecule has 0 saturated carbocycles. The highest BCUT2D eigenvalue weighted by Crippen LogP contribution is 2.27. The van der Waals surface area contributed by atoms with Crippen LogP contribution in [0.4, 0.5) is 0 Å². The highest BCUT2D eigenvalue weighted by atomic mass is 35.5. The first kappa shape index (κ1) is 10.6. The van der Waals surface area contributed by atoms with Crippen LogP contribution in [0.25, 0.3) is 5.69 Å². The number of halogens is 1. The van der Waals surface area contributed by atoms with Crippen molar-refractivity contribution in [1.82, 2.24) is 14.8 Å². The van der Waals surface area contributed by atoms with Crippen molar-refractivity contribution in [1.29, 1.82) is 0 Å². The van der Waals surface area contributed by atoms with Crippen molar-refractivity contribution in [2.75, 3.05) is 0 Å². The Balaban J connectivity index is 2.60. The van der Waals surface area contributed by atoms with Crippen LogP contribution in [0.2, 0.25) is 5.28 Å². The number of nitrogens with zero attached hydrogens (tertiary/aromatic N) is 3. The van der Waals surface area contributed by atoms with Crippen LogP contribution < -0.4 is 0 Å². The number of thiophene rings is 1. The van der Waals surface area contributed by atoms with Gasteiger partial charge < -0.3 is 0 Å². The number of hydrogen-bond acceptors (Lipinski definition) is 3. The number of rotatable bonds is 1. The minimum atomic E-state index is -0.0674. The SMILES string of the molecule is CC(C)(C)c1nnc(Cl)n1-c1ccsc1. The van der Waals surface area contributed by atoms with E-state index in [1.54, 1.807) is 11.3 Å². The minimum Gasteiger partial charge on any atom is -0.268 e. The summed E-state index contributed by atoms with van der Waals surface area (Å²) in [6, 6.07) is 2.01. The Morgan fingerprint density at radius 1 is 1.33 bits per heavy atom. The summed E-state index contributed by atoms with van der Waals surface area (Å²) in [5.74, 6) is 0.880. The largest absolute Gasteiger partial charge is 0.268 e. The first-order chi connectivity index (χ1) is 7.00. The fraction of sp³-hybridized carbons (Fsp3) is 0.400. The fourth-order valence-corrected chi connectivity index (χ4v) is 2.20. The lowest BCUT2D eigenvalue weighted by Crippen LogP contribution is -2.18. The molecule has 0 aliphatic heterocycles. The van der Waals surface area contributed by atoms with Gasteiger partial charge in [-0.15, -0.1) is 10.2 Å². The molecule has 0 spiro atoms. The maximum Gasteiger partial charge on any atom is 0.229 e. The molecule has 0 atom stereocenters. The Hall–Kier alpha value is -0.870. The normalized spacial score (nSPS) is 12.0. The van der Waals surface area contributed by atoms with Crippen molar-refractivity contribution >= 4 is 22.9 Å². The Morgan fingerprint density at radius 2 is 2.07 bits per heavy atom. The molecule has 80 valence electrons. The van der Waals surface area contributed by atoms with E-state index >= 15 is 0 Å². The average molecular weight is 242 g/mol. The lowest BCUT2D eigenvalue weighted by molar-refractivity contribution is 0.533. The summed E-state index contributed by atoms with van der Waals surface area (Å²) in [5.41, 5.74) is 0.960. The Labute approximate surface area is 97.7 Å². The lowest BCUT2D eigenvalue weighted by Gasteiger charge is -2.18. The summed E-state index contributed by atoms with van der Waals surface area (Å²) in [6.45, 7) is 6.28. The molecule has 2 aromatic rings. The maximum atomic E-state index is 6.04. The van der Waals surface area contributed by atoms with E-state index < -0.39 is 0 Å². The van der Waals surface area contributed by atoms with Gasteiger partial charge in [-0.05, 0) is 23.0 Å². The first-order valence-corrected chi connectivity index (χ1v) is 5.96. The predicted octanol–water partition coefficient (Wildman–Crippen LogP) is 3.28. The quantitative estimate of drug-likeness (QED) is 0.767. The Bertz CT molecular complexity index is 453. The highest BCUT2D eigenvalue weighted by molar-refractivity contribution is 7.08. The average Bonchev–Trinajstić information content (AvgIpc) is 2.69. The zero-order valence-corrected chi connectivity index (χ0v) is 10.4. The van der Waals surface area contributed by atoms with Gasteiger partial charge in [0.1, 0.15) is 5.82 Å². The zero-order valence-electron chi connectivity index (χ0n) is 8.86. The second-order valence-electron chi connectivity index (χ2n) is 4.36. The van der Waals surface area contributed by atoms with E-state index in [2.05, 4.69) is 31.0 Å². The summed E-state index contributed by atoms with van der Waals surface area (Å²) in [7, 11) is 0. The van der Waals surface area contributed by atoms with Crippen LogP contribution in [0.3, 0.4) is 0 Å². The van der Waals surface area contributed by atoms with Crippen LogP contribution in [0.1, 0.15) is 26.6 Å². The molecule has 0 amide bonds. The van der Waals surface area contributed by atoms with Gasteiger partial charge >= 0.3 is 0 Å². The zero-order chi connectivity index (χ0) is 11.1. The van der Waals surface area contributed by atoms with Crippen molar-refractivity contribution in [2.24, 2.45) is 0 Å². The van der Waals surface area contributed by atoms with Crippen LogP contribution in [0.5, 0.6) is 0 Å². The van der Waals surface area contributed by atoms with E-state index in [0.717, 1.165) is 11.5 Å². The highest BCUT2D eigenvalue weighted by Gasteiger charge is 2.24. The van der Waals surface area contributed by atoms with Crippen molar-refractivity contribution in [3.63, 3.8) is 0 Å². The lowest BCUT2D eigenvalue weighted by atomic mass is 9.95. The fourth-order valence-electron chi connectivity index (χ4n) is 1.36. The van der Waals surface area contributed by atoms with Crippen LogP contribution in [0, 0.1) is 0 Å². The third kappa shape index (κ3) is 1.92. The van der Waals surface area contributed by atoms with Crippen LogP contribution in [0.15, 0.2) is 16.8 Å². The van der Waals surface area contributed by atoms with Gasteiger partial charge in [-0.1, -0.05) is 20.8 Å². The van der Waals surface area contributed by atoms with Gasteiger partial charge in [0.25, 0.3) is 0 Å². The van der Waals surface area contributed by atoms with Crippen LogP contribution in [-0.2, 0) is 5.41 Å². The summed E-state index contributed by atoms with van der Waals surface area (Å²) in [5, 5.41) is 12.5. The molecule has 0 aliphatic carbocycles. The first-order valence-electron chi connectivity index (χ1n) is 4.64. The molecule has 0 radical (unpaired) electrons. The summed E-state index contributed by atoms with van der Waals surface area (Å²) >= 11 is 7.67. The van der Waals surface area contributed by atoms with Crippen LogP contribution >= 0.6 is 22.9 Å². The molecule has 2 heterocycles. The summed E-state index contributed by atoms with van der Waals surface area (Å²) in [4.78, 5) is 0. The molecule has 2 aromatic heterocycles. The molecule has 0 unspecified atom stereocenters. The van der Waals surface area contributed by atoms with Crippen molar-refractivity contribution < 1.29 is 0 Å². The van der Waals surface area contributed by atoms with E-state index in [-0.39, 0.29) is 5.41 Å². The van der Waals surface area contributed by atoms with E-state index in [0.29, 0.717) is 5.28 Å². The molecule has 2 rings (SSSR count). The van der Waals surface area contributed by atoms with Crippen LogP contribution in [-0.4, -0.2) is 14.8 Å².